The zero-order valence-corrected chi connectivity index (χ0v) is 27.7. The second-order valence-electron chi connectivity index (χ2n) is 12.5. The fourth-order valence-corrected chi connectivity index (χ4v) is 6.62. The van der Waals surface area contributed by atoms with Gasteiger partial charge in [0.05, 0.1) is 26.3 Å². The Hall–Kier alpha value is -4.91. The molecule has 49 heavy (non-hydrogen) atoms. The molecule has 0 radical (unpaired) electrons. The molecule has 3 aromatic carbocycles. The Morgan fingerprint density at radius 3 is 2.49 bits per heavy atom. The second-order valence-corrected chi connectivity index (χ2v) is 12.5. The molecule has 3 saturated heterocycles. The van der Waals surface area contributed by atoms with E-state index < -0.39 is 12.2 Å². The minimum absolute atomic E-state index is 0.0789. The molecule has 0 bridgehead atoms. The van der Waals surface area contributed by atoms with E-state index in [9.17, 15) is 19.5 Å². The number of carbonyl (C=O) groups is 3. The Bertz CT molecular complexity index is 1600. The third-order valence-corrected chi connectivity index (χ3v) is 9.08. The monoisotopic (exact) mass is 668 g/mol. The van der Waals surface area contributed by atoms with Gasteiger partial charge in [-0.2, -0.15) is 0 Å². The fourth-order valence-electron chi connectivity index (χ4n) is 6.62. The Morgan fingerprint density at radius 2 is 1.73 bits per heavy atom. The first kappa shape index (κ1) is 34.0. The predicted molar refractivity (Wildman–Crippen MR) is 183 cm³/mol. The molecule has 2 N–H and O–H groups in total. The molecule has 1 unspecified atom stereocenters. The number of nitrogens with one attached hydrogen (secondary N) is 1. The molecule has 258 valence electrons. The Labute approximate surface area is 287 Å². The van der Waals surface area contributed by atoms with Gasteiger partial charge < -0.3 is 29.7 Å². The van der Waals surface area contributed by atoms with Crippen LogP contribution >= 0.6 is 0 Å². The summed E-state index contributed by atoms with van der Waals surface area (Å²) in [4.78, 5) is 47.7. The minimum atomic E-state index is -0.862. The molecule has 0 saturated carbocycles. The van der Waals surface area contributed by atoms with Gasteiger partial charge in [-0.15, -0.1) is 6.58 Å². The number of phenolic OH excluding ortho intramolecular Hbond substituents is 1. The van der Waals surface area contributed by atoms with Crippen LogP contribution in [0.4, 0.5) is 4.79 Å². The summed E-state index contributed by atoms with van der Waals surface area (Å²) < 4.78 is 11.5. The van der Waals surface area contributed by atoms with E-state index in [0.29, 0.717) is 18.9 Å². The third-order valence-electron chi connectivity index (χ3n) is 9.08. The summed E-state index contributed by atoms with van der Waals surface area (Å²) in [5.74, 6) is 0.370. The molecule has 0 spiro atoms. The Morgan fingerprint density at radius 1 is 0.980 bits per heavy atom. The van der Waals surface area contributed by atoms with Gasteiger partial charge in [0.2, 0.25) is 11.8 Å². The quantitative estimate of drug-likeness (QED) is 0.283. The number of phenols is 1. The van der Waals surface area contributed by atoms with Crippen LogP contribution < -0.4 is 10.1 Å². The van der Waals surface area contributed by atoms with Crippen LogP contribution in [0.3, 0.4) is 0 Å². The number of nitrogens with zero attached hydrogens (tertiary/aromatic N) is 5. The van der Waals surface area contributed by atoms with E-state index >= 15 is 0 Å². The van der Waals surface area contributed by atoms with Gasteiger partial charge in [0.1, 0.15) is 30.3 Å². The van der Waals surface area contributed by atoms with Crippen LogP contribution in [0.1, 0.15) is 16.7 Å². The molecular weight excluding hydrogens is 624 g/mol. The highest BCUT2D eigenvalue weighted by atomic mass is 16.5. The van der Waals surface area contributed by atoms with Crippen LogP contribution in [0.2, 0.25) is 0 Å². The highest BCUT2D eigenvalue weighted by Crippen LogP contribution is 2.30. The second kappa shape index (κ2) is 16.0. The number of morpholine rings is 1. The number of rotatable bonds is 12. The first-order chi connectivity index (χ1) is 23.9. The van der Waals surface area contributed by atoms with Gasteiger partial charge in [-0.05, 0) is 41.0 Å². The maximum Gasteiger partial charge on any atom is 0.334 e. The number of fused-ring (bicyclic) bond motifs is 1. The van der Waals surface area contributed by atoms with Gasteiger partial charge in [-0.3, -0.25) is 14.5 Å². The molecule has 0 aliphatic carbocycles. The van der Waals surface area contributed by atoms with Gasteiger partial charge >= 0.3 is 6.03 Å². The van der Waals surface area contributed by atoms with Crippen molar-refractivity contribution >= 4 is 17.8 Å². The van der Waals surface area contributed by atoms with E-state index in [1.54, 1.807) is 50.2 Å². The first-order valence-corrected chi connectivity index (χ1v) is 16.8. The average molecular weight is 669 g/mol. The summed E-state index contributed by atoms with van der Waals surface area (Å²) in [5, 5.41) is 16.2. The number of aromatic hydroxyl groups is 1. The summed E-state index contributed by atoms with van der Waals surface area (Å²) >= 11 is 0. The van der Waals surface area contributed by atoms with Gasteiger partial charge in [-0.25, -0.2) is 14.8 Å². The maximum absolute atomic E-state index is 14.3. The molecule has 3 aliphatic rings. The van der Waals surface area contributed by atoms with Crippen LogP contribution in [0.25, 0.3) is 0 Å². The molecule has 12 nitrogen and oxygen atoms in total. The van der Waals surface area contributed by atoms with Crippen molar-refractivity contribution in [2.75, 3.05) is 59.1 Å². The number of hydrogen-bond donors (Lipinski definition) is 2. The molecule has 0 aromatic heterocycles. The van der Waals surface area contributed by atoms with Crippen molar-refractivity contribution in [2.24, 2.45) is 0 Å². The SMILES string of the molecule is C=CCN1CC(=O)N2C(Cc3ccc(O)cc3)C(=O)N(Cc3cccc(OCCN4CCOCC4)c3)C[C@@H]2N1C(=O)NCc1ccccc1. The van der Waals surface area contributed by atoms with Crippen molar-refractivity contribution in [3.63, 3.8) is 0 Å². The number of ether oxygens (including phenoxy) is 2. The standard InChI is InChI=1S/C37H44N6O6/c1-2-15-41-27-35(45)42-33(23-28-11-13-31(44)14-12-28)36(46)40(26-34(42)43(41)37(47)38-24-29-7-4-3-5-8-29)25-30-9-6-10-32(22-30)49-21-18-39-16-19-48-20-17-39/h2-14,22,33-34,44H,1,15-21,23-27H2,(H,38,47)/t33?,34-/m0/s1. The molecular formula is C37H44N6O6. The van der Waals surface area contributed by atoms with E-state index in [0.717, 1.165) is 49.5 Å². The summed E-state index contributed by atoms with van der Waals surface area (Å²) in [5.41, 5.74) is 2.60. The van der Waals surface area contributed by atoms with Crippen molar-refractivity contribution in [1.82, 2.24) is 30.0 Å². The predicted octanol–water partition coefficient (Wildman–Crippen LogP) is 2.84. The molecule has 2 atom stereocenters. The molecule has 12 heteroatoms. The lowest BCUT2D eigenvalue weighted by atomic mass is 9.98. The lowest BCUT2D eigenvalue weighted by Crippen LogP contribution is -2.76. The zero-order chi connectivity index (χ0) is 34.2. The molecule has 6 rings (SSSR count). The molecule has 4 amide bonds. The Kier molecular flexibility index (Phi) is 11.1. The van der Waals surface area contributed by atoms with Crippen LogP contribution in [-0.4, -0.2) is 119 Å². The number of hydrogen-bond acceptors (Lipinski definition) is 8. The topological polar surface area (TPSA) is 118 Å². The average Bonchev–Trinajstić information content (AvgIpc) is 3.11. The van der Waals surface area contributed by atoms with Gasteiger partial charge in [0, 0.05) is 45.7 Å². The van der Waals surface area contributed by atoms with Gasteiger partial charge in [-0.1, -0.05) is 60.7 Å². The third kappa shape index (κ3) is 8.40. The largest absolute Gasteiger partial charge is 0.508 e. The van der Waals surface area contributed by atoms with Crippen molar-refractivity contribution in [1.29, 1.82) is 0 Å². The van der Waals surface area contributed by atoms with E-state index in [1.807, 2.05) is 54.6 Å². The molecule has 3 fully saturated rings. The number of benzene rings is 3. The van der Waals surface area contributed by atoms with E-state index in [1.165, 1.54) is 0 Å². The highest BCUT2D eigenvalue weighted by molar-refractivity contribution is 5.91. The van der Waals surface area contributed by atoms with Crippen LogP contribution in [0.5, 0.6) is 11.5 Å². The van der Waals surface area contributed by atoms with Crippen molar-refractivity contribution < 1.29 is 29.0 Å². The van der Waals surface area contributed by atoms with E-state index in [-0.39, 0.29) is 56.2 Å². The minimum Gasteiger partial charge on any atom is -0.508 e. The fraction of sp³-hybridized carbons (Fsp3) is 0.378. The number of hydrazine groups is 1. The summed E-state index contributed by atoms with van der Waals surface area (Å²) in [6.07, 6.45) is 1.12. The lowest BCUT2D eigenvalue weighted by Gasteiger charge is -2.55. The van der Waals surface area contributed by atoms with Crippen molar-refractivity contribution in [3.8, 4) is 11.5 Å². The highest BCUT2D eigenvalue weighted by Gasteiger charge is 2.51. The molecule has 3 heterocycles. The number of urea groups is 1. The zero-order valence-electron chi connectivity index (χ0n) is 27.7. The smallest absolute Gasteiger partial charge is 0.334 e. The van der Waals surface area contributed by atoms with Crippen LogP contribution in [0.15, 0.2) is 91.5 Å². The maximum atomic E-state index is 14.3. The number of amides is 4. The lowest BCUT2D eigenvalue weighted by molar-refractivity contribution is -0.189. The Balaban J connectivity index is 1.25. The molecule has 3 aromatic rings. The summed E-state index contributed by atoms with van der Waals surface area (Å²) in [7, 11) is 0. The van der Waals surface area contributed by atoms with E-state index in [2.05, 4.69) is 16.8 Å². The van der Waals surface area contributed by atoms with Crippen molar-refractivity contribution in [2.45, 2.75) is 31.7 Å². The van der Waals surface area contributed by atoms with E-state index in [4.69, 9.17) is 9.47 Å². The van der Waals surface area contributed by atoms with Crippen LogP contribution in [0, 0.1) is 0 Å². The van der Waals surface area contributed by atoms with Gasteiger partial charge in [0.15, 0.2) is 0 Å². The van der Waals surface area contributed by atoms with Crippen molar-refractivity contribution in [3.05, 3.63) is 108 Å². The summed E-state index contributed by atoms with van der Waals surface area (Å²) in [6, 6.07) is 22.7. The normalized spacial score (nSPS) is 20.2. The number of piperazine rings is 1. The van der Waals surface area contributed by atoms with Gasteiger partial charge in [0.25, 0.3) is 0 Å². The summed E-state index contributed by atoms with van der Waals surface area (Å²) in [6.45, 7) is 9.31. The number of carbonyl (C=O) groups excluding carboxylic acids is 3. The molecule has 3 aliphatic heterocycles. The van der Waals surface area contributed by atoms with Crippen LogP contribution in [-0.2, 0) is 33.8 Å². The first-order valence-electron chi connectivity index (χ1n) is 16.8.